The van der Waals surface area contributed by atoms with Gasteiger partial charge in [0.05, 0.1) is 19.1 Å². The van der Waals surface area contributed by atoms with Gasteiger partial charge in [0.15, 0.2) is 0 Å². The highest BCUT2D eigenvalue weighted by atomic mass is 16.3. The van der Waals surface area contributed by atoms with Crippen molar-refractivity contribution in [3.05, 3.63) is 59.5 Å². The molecule has 20 heavy (non-hydrogen) atoms. The lowest BCUT2D eigenvalue weighted by Crippen LogP contribution is -2.20. The first-order chi connectivity index (χ1) is 9.83. The van der Waals surface area contributed by atoms with E-state index in [4.69, 9.17) is 9.52 Å². The van der Waals surface area contributed by atoms with Crippen LogP contribution in [-0.4, -0.2) is 23.1 Å². The zero-order chi connectivity index (χ0) is 13.8. The second kappa shape index (κ2) is 6.25. The molecule has 0 bridgehead atoms. The van der Waals surface area contributed by atoms with E-state index in [9.17, 15) is 0 Å². The van der Waals surface area contributed by atoms with E-state index in [2.05, 4.69) is 17.0 Å². The van der Waals surface area contributed by atoms with E-state index >= 15 is 0 Å². The maximum atomic E-state index is 9.06. The highest BCUT2D eigenvalue weighted by Gasteiger charge is 2.22. The molecule has 1 aliphatic heterocycles. The number of aliphatic hydroxyl groups is 1. The van der Waals surface area contributed by atoms with Crippen molar-refractivity contribution in [1.29, 1.82) is 0 Å². The zero-order valence-electron chi connectivity index (χ0n) is 11.7. The average Bonchev–Trinajstić information content (AvgIpc) is 3.12. The lowest BCUT2D eigenvalue weighted by Gasteiger charge is -2.15. The number of hydrogen-bond donors (Lipinski definition) is 1. The SMILES string of the molecule is OCc1ccc(CC2CCN(Cc3ccoc3)C2)cc1. The third kappa shape index (κ3) is 3.30. The molecule has 1 N–H and O–H groups in total. The fourth-order valence-corrected chi connectivity index (χ4v) is 2.98. The van der Waals surface area contributed by atoms with E-state index in [-0.39, 0.29) is 6.61 Å². The third-order valence-electron chi connectivity index (χ3n) is 4.09. The second-order valence-electron chi connectivity index (χ2n) is 5.70. The summed E-state index contributed by atoms with van der Waals surface area (Å²) in [5, 5.41) is 9.06. The van der Waals surface area contributed by atoms with Crippen LogP contribution in [-0.2, 0) is 19.6 Å². The number of aliphatic hydroxyl groups excluding tert-OH is 1. The molecule has 2 aromatic rings. The standard InChI is InChI=1S/C17H21NO2/c19-12-15-3-1-14(2-4-15)9-16-5-7-18(10-16)11-17-6-8-20-13-17/h1-4,6,8,13,16,19H,5,7,9-12H2. The van der Waals surface area contributed by atoms with Gasteiger partial charge in [0.2, 0.25) is 0 Å². The zero-order valence-corrected chi connectivity index (χ0v) is 11.7. The van der Waals surface area contributed by atoms with E-state index in [0.717, 1.165) is 31.0 Å². The Morgan fingerprint density at radius 3 is 2.60 bits per heavy atom. The minimum Gasteiger partial charge on any atom is -0.472 e. The molecule has 0 saturated carbocycles. The lowest BCUT2D eigenvalue weighted by molar-refractivity contribution is 0.282. The first kappa shape index (κ1) is 13.4. The molecule has 1 saturated heterocycles. The largest absolute Gasteiger partial charge is 0.472 e. The molecule has 1 unspecified atom stereocenters. The van der Waals surface area contributed by atoms with Crippen molar-refractivity contribution >= 4 is 0 Å². The molecule has 1 aliphatic rings. The molecule has 0 amide bonds. The third-order valence-corrected chi connectivity index (χ3v) is 4.09. The fourth-order valence-electron chi connectivity index (χ4n) is 2.98. The fraction of sp³-hybridized carbons (Fsp3) is 0.412. The molecule has 1 aromatic carbocycles. The van der Waals surface area contributed by atoms with E-state index in [1.54, 1.807) is 6.26 Å². The molecule has 0 radical (unpaired) electrons. The minimum absolute atomic E-state index is 0.127. The summed E-state index contributed by atoms with van der Waals surface area (Å²) in [6.07, 6.45) is 5.97. The molecule has 2 heterocycles. The molecule has 0 spiro atoms. The average molecular weight is 271 g/mol. The summed E-state index contributed by atoms with van der Waals surface area (Å²) in [7, 11) is 0. The van der Waals surface area contributed by atoms with Gasteiger partial charge in [-0.2, -0.15) is 0 Å². The van der Waals surface area contributed by atoms with Crippen LogP contribution >= 0.6 is 0 Å². The Labute approximate surface area is 119 Å². The topological polar surface area (TPSA) is 36.6 Å². The Morgan fingerprint density at radius 1 is 1.10 bits per heavy atom. The van der Waals surface area contributed by atoms with Crippen LogP contribution in [0.2, 0.25) is 0 Å². The van der Waals surface area contributed by atoms with Crippen LogP contribution in [0.5, 0.6) is 0 Å². The van der Waals surface area contributed by atoms with E-state index in [1.807, 2.05) is 24.5 Å². The van der Waals surface area contributed by atoms with Gasteiger partial charge in [0.1, 0.15) is 0 Å². The number of rotatable bonds is 5. The summed E-state index contributed by atoms with van der Waals surface area (Å²) in [5.74, 6) is 0.738. The van der Waals surface area contributed by atoms with Crippen molar-refractivity contribution in [3.63, 3.8) is 0 Å². The summed E-state index contributed by atoms with van der Waals surface area (Å²) in [6, 6.07) is 10.4. The Morgan fingerprint density at radius 2 is 1.90 bits per heavy atom. The van der Waals surface area contributed by atoms with Crippen molar-refractivity contribution in [2.45, 2.75) is 26.0 Å². The molecule has 1 atom stereocenters. The van der Waals surface area contributed by atoms with Gasteiger partial charge in [0.25, 0.3) is 0 Å². The minimum atomic E-state index is 0.127. The maximum absolute atomic E-state index is 9.06. The molecular formula is C17H21NO2. The Balaban J connectivity index is 1.51. The summed E-state index contributed by atoms with van der Waals surface area (Å²) in [5.41, 5.74) is 3.62. The normalized spacial score (nSPS) is 19.6. The summed E-state index contributed by atoms with van der Waals surface area (Å²) >= 11 is 0. The molecule has 3 heteroatoms. The maximum Gasteiger partial charge on any atom is 0.0947 e. The van der Waals surface area contributed by atoms with E-state index in [0.29, 0.717) is 0 Å². The van der Waals surface area contributed by atoms with Crippen LogP contribution in [0.15, 0.2) is 47.3 Å². The van der Waals surface area contributed by atoms with Gasteiger partial charge < -0.3 is 9.52 Å². The molecule has 1 aromatic heterocycles. The van der Waals surface area contributed by atoms with Crippen molar-refractivity contribution in [2.24, 2.45) is 5.92 Å². The molecule has 3 rings (SSSR count). The lowest BCUT2D eigenvalue weighted by atomic mass is 9.98. The number of furan rings is 1. The first-order valence-electron chi connectivity index (χ1n) is 7.25. The van der Waals surface area contributed by atoms with Crippen molar-refractivity contribution in [1.82, 2.24) is 4.90 Å². The Bertz CT molecular complexity index is 518. The number of hydrogen-bond acceptors (Lipinski definition) is 3. The monoisotopic (exact) mass is 271 g/mol. The molecule has 3 nitrogen and oxygen atoms in total. The predicted molar refractivity (Wildman–Crippen MR) is 78.2 cm³/mol. The van der Waals surface area contributed by atoms with Crippen LogP contribution in [0.3, 0.4) is 0 Å². The molecular weight excluding hydrogens is 250 g/mol. The number of nitrogens with zero attached hydrogens (tertiary/aromatic N) is 1. The van der Waals surface area contributed by atoms with Crippen molar-refractivity contribution in [2.75, 3.05) is 13.1 Å². The van der Waals surface area contributed by atoms with Crippen molar-refractivity contribution < 1.29 is 9.52 Å². The van der Waals surface area contributed by atoms with Gasteiger partial charge in [-0.15, -0.1) is 0 Å². The Hall–Kier alpha value is -1.58. The summed E-state index contributed by atoms with van der Waals surface area (Å²) < 4.78 is 5.12. The van der Waals surface area contributed by atoms with E-state index < -0.39 is 0 Å². The van der Waals surface area contributed by atoms with Crippen molar-refractivity contribution in [3.8, 4) is 0 Å². The van der Waals surface area contributed by atoms with Crippen LogP contribution in [0.4, 0.5) is 0 Å². The number of benzene rings is 1. The number of likely N-dealkylation sites (tertiary alicyclic amines) is 1. The summed E-state index contributed by atoms with van der Waals surface area (Å²) in [6.45, 7) is 3.45. The van der Waals surface area contributed by atoms with Crippen LogP contribution in [0, 0.1) is 5.92 Å². The van der Waals surface area contributed by atoms with Crippen LogP contribution < -0.4 is 0 Å². The van der Waals surface area contributed by atoms with Crippen LogP contribution in [0.25, 0.3) is 0 Å². The van der Waals surface area contributed by atoms with Gasteiger partial charge in [-0.3, -0.25) is 4.90 Å². The second-order valence-corrected chi connectivity index (χ2v) is 5.70. The van der Waals surface area contributed by atoms with Crippen LogP contribution in [0.1, 0.15) is 23.1 Å². The highest BCUT2D eigenvalue weighted by molar-refractivity contribution is 5.22. The van der Waals surface area contributed by atoms with E-state index in [1.165, 1.54) is 24.1 Å². The smallest absolute Gasteiger partial charge is 0.0947 e. The van der Waals surface area contributed by atoms with Gasteiger partial charge >= 0.3 is 0 Å². The van der Waals surface area contributed by atoms with Gasteiger partial charge in [0, 0.05) is 18.7 Å². The van der Waals surface area contributed by atoms with Gasteiger partial charge in [-0.25, -0.2) is 0 Å². The highest BCUT2D eigenvalue weighted by Crippen LogP contribution is 2.22. The molecule has 106 valence electrons. The molecule has 0 aliphatic carbocycles. The van der Waals surface area contributed by atoms with Gasteiger partial charge in [-0.1, -0.05) is 24.3 Å². The summed E-state index contributed by atoms with van der Waals surface area (Å²) in [4.78, 5) is 2.50. The quantitative estimate of drug-likeness (QED) is 0.908. The Kier molecular flexibility index (Phi) is 4.19. The predicted octanol–water partition coefficient (Wildman–Crippen LogP) is 2.84. The molecule has 1 fully saturated rings. The van der Waals surface area contributed by atoms with Gasteiger partial charge in [-0.05, 0) is 42.5 Å². The first-order valence-corrected chi connectivity index (χ1v) is 7.25.